The summed E-state index contributed by atoms with van der Waals surface area (Å²) >= 11 is 5.91. The number of carbonyl (C=O) groups excluding carboxylic acids is 1. The molecule has 0 N–H and O–H groups in total. The van der Waals surface area contributed by atoms with Crippen LogP contribution in [-0.4, -0.2) is 5.78 Å². The lowest BCUT2D eigenvalue weighted by Crippen LogP contribution is -2.08. The molecule has 0 fully saturated rings. The lowest BCUT2D eigenvalue weighted by molar-refractivity contribution is 0.0958. The van der Waals surface area contributed by atoms with Crippen LogP contribution in [0.15, 0.2) is 18.2 Å². The van der Waals surface area contributed by atoms with Crippen molar-refractivity contribution in [1.29, 1.82) is 0 Å². The van der Waals surface area contributed by atoms with Crippen LogP contribution in [0.5, 0.6) is 0 Å². The third kappa shape index (κ3) is 3.34. The van der Waals surface area contributed by atoms with Crippen molar-refractivity contribution in [2.75, 3.05) is 0 Å². The van der Waals surface area contributed by atoms with Crippen LogP contribution in [0, 0.1) is 12.8 Å². The van der Waals surface area contributed by atoms with Gasteiger partial charge in [0.1, 0.15) is 0 Å². The van der Waals surface area contributed by atoms with Gasteiger partial charge in [0.2, 0.25) is 0 Å². The molecular weight excluding hydrogens is 220 g/mol. The molecule has 0 aliphatic heterocycles. The summed E-state index contributed by atoms with van der Waals surface area (Å²) in [5.74, 6) is 0.708. The molecular formula is C14H19ClO. The highest BCUT2D eigenvalue weighted by molar-refractivity contribution is 6.31. The Morgan fingerprint density at radius 3 is 2.50 bits per heavy atom. The molecule has 1 rings (SSSR count). The summed E-state index contributed by atoms with van der Waals surface area (Å²) < 4.78 is 0. The van der Waals surface area contributed by atoms with Crippen LogP contribution in [0.3, 0.4) is 0 Å². The number of aryl methyl sites for hydroxylation is 1. The van der Waals surface area contributed by atoms with Gasteiger partial charge in [0.25, 0.3) is 0 Å². The molecule has 0 radical (unpaired) electrons. The van der Waals surface area contributed by atoms with Crippen LogP contribution in [-0.2, 0) is 0 Å². The van der Waals surface area contributed by atoms with Gasteiger partial charge in [-0.05, 0) is 30.5 Å². The summed E-state index contributed by atoms with van der Waals surface area (Å²) in [6.45, 7) is 6.22. The fourth-order valence-electron chi connectivity index (χ4n) is 1.84. The molecule has 0 atom stereocenters. The van der Waals surface area contributed by atoms with Gasteiger partial charge < -0.3 is 0 Å². The maximum Gasteiger partial charge on any atom is 0.163 e. The lowest BCUT2D eigenvalue weighted by atomic mass is 9.92. The average molecular weight is 239 g/mol. The van der Waals surface area contributed by atoms with E-state index in [1.165, 1.54) is 0 Å². The molecule has 0 unspecified atom stereocenters. The third-order valence-corrected chi connectivity index (χ3v) is 3.36. The van der Waals surface area contributed by atoms with E-state index in [9.17, 15) is 4.79 Å². The number of benzene rings is 1. The normalized spacial score (nSPS) is 10.8. The predicted molar refractivity (Wildman–Crippen MR) is 69.2 cm³/mol. The second kappa shape index (κ2) is 6.05. The monoisotopic (exact) mass is 238 g/mol. The highest BCUT2D eigenvalue weighted by Crippen LogP contribution is 2.21. The van der Waals surface area contributed by atoms with E-state index in [1.807, 2.05) is 19.1 Å². The van der Waals surface area contributed by atoms with Crippen molar-refractivity contribution in [3.05, 3.63) is 34.3 Å². The predicted octanol–water partition coefficient (Wildman–Crippen LogP) is 4.66. The van der Waals surface area contributed by atoms with Crippen LogP contribution in [0.1, 0.15) is 49.0 Å². The summed E-state index contributed by atoms with van der Waals surface area (Å²) in [6, 6.07) is 5.51. The lowest BCUT2D eigenvalue weighted by Gasteiger charge is -2.12. The summed E-state index contributed by atoms with van der Waals surface area (Å²) in [6.07, 6.45) is 2.75. The fraction of sp³-hybridized carbons (Fsp3) is 0.500. The summed E-state index contributed by atoms with van der Waals surface area (Å²) in [4.78, 5) is 12.1. The van der Waals surface area contributed by atoms with Crippen molar-refractivity contribution < 1.29 is 4.79 Å². The van der Waals surface area contributed by atoms with Gasteiger partial charge in [-0.1, -0.05) is 44.4 Å². The summed E-state index contributed by atoms with van der Waals surface area (Å²) in [5.41, 5.74) is 1.79. The Morgan fingerprint density at radius 1 is 1.31 bits per heavy atom. The van der Waals surface area contributed by atoms with Crippen molar-refractivity contribution in [1.82, 2.24) is 0 Å². The largest absolute Gasteiger partial charge is 0.294 e. The van der Waals surface area contributed by atoms with E-state index in [1.54, 1.807) is 6.07 Å². The molecule has 16 heavy (non-hydrogen) atoms. The number of halogens is 1. The topological polar surface area (TPSA) is 17.1 Å². The van der Waals surface area contributed by atoms with Gasteiger partial charge in [-0.3, -0.25) is 4.79 Å². The van der Waals surface area contributed by atoms with E-state index < -0.39 is 0 Å². The van der Waals surface area contributed by atoms with Gasteiger partial charge in [-0.25, -0.2) is 0 Å². The second-order valence-corrected chi connectivity index (χ2v) is 4.71. The maximum absolute atomic E-state index is 12.1. The Morgan fingerprint density at radius 2 is 1.94 bits per heavy atom. The number of rotatable bonds is 5. The highest BCUT2D eigenvalue weighted by atomic mass is 35.5. The molecule has 0 saturated heterocycles. The molecule has 0 aliphatic rings. The smallest absolute Gasteiger partial charge is 0.163 e. The van der Waals surface area contributed by atoms with Gasteiger partial charge in [-0.15, -0.1) is 0 Å². The van der Waals surface area contributed by atoms with Crippen LogP contribution in [0.2, 0.25) is 5.02 Å². The zero-order valence-electron chi connectivity index (χ0n) is 10.2. The van der Waals surface area contributed by atoms with E-state index in [-0.39, 0.29) is 5.78 Å². The van der Waals surface area contributed by atoms with Gasteiger partial charge in [0.05, 0.1) is 0 Å². The average Bonchev–Trinajstić information content (AvgIpc) is 2.28. The van der Waals surface area contributed by atoms with Crippen LogP contribution in [0.25, 0.3) is 0 Å². The van der Waals surface area contributed by atoms with E-state index in [2.05, 4.69) is 13.8 Å². The van der Waals surface area contributed by atoms with E-state index >= 15 is 0 Å². The standard InChI is InChI=1S/C14H19ClO/c1-4-11(5-2)8-14(16)13-9-12(15)7-6-10(13)3/h6-7,9,11H,4-5,8H2,1-3H3. The van der Waals surface area contributed by atoms with E-state index in [0.717, 1.165) is 24.0 Å². The molecule has 0 aromatic heterocycles. The number of ketones is 1. The Bertz CT molecular complexity index is 367. The third-order valence-electron chi connectivity index (χ3n) is 3.13. The molecule has 0 spiro atoms. The molecule has 0 heterocycles. The Labute approximate surface area is 103 Å². The minimum Gasteiger partial charge on any atom is -0.294 e. The van der Waals surface area contributed by atoms with Crippen molar-refractivity contribution in [3.8, 4) is 0 Å². The fourth-order valence-corrected chi connectivity index (χ4v) is 2.02. The molecule has 88 valence electrons. The SMILES string of the molecule is CCC(CC)CC(=O)c1cc(Cl)ccc1C. The minimum absolute atomic E-state index is 0.216. The molecule has 1 aromatic carbocycles. The second-order valence-electron chi connectivity index (χ2n) is 4.27. The van der Waals surface area contributed by atoms with Crippen molar-refractivity contribution in [2.24, 2.45) is 5.92 Å². The molecule has 0 saturated carbocycles. The zero-order chi connectivity index (χ0) is 12.1. The van der Waals surface area contributed by atoms with Crippen LogP contribution < -0.4 is 0 Å². The first-order valence-corrected chi connectivity index (χ1v) is 6.25. The first-order chi connectivity index (χ1) is 7.58. The summed E-state index contributed by atoms with van der Waals surface area (Å²) in [7, 11) is 0. The molecule has 2 heteroatoms. The molecule has 0 amide bonds. The maximum atomic E-state index is 12.1. The van der Waals surface area contributed by atoms with Gasteiger partial charge >= 0.3 is 0 Å². The van der Waals surface area contributed by atoms with E-state index in [4.69, 9.17) is 11.6 Å². The first kappa shape index (κ1) is 13.2. The number of carbonyl (C=O) groups is 1. The molecule has 1 nitrogen and oxygen atoms in total. The van der Waals surface area contributed by atoms with Crippen molar-refractivity contribution >= 4 is 17.4 Å². The zero-order valence-corrected chi connectivity index (χ0v) is 11.0. The van der Waals surface area contributed by atoms with Gasteiger partial charge in [0.15, 0.2) is 5.78 Å². The quantitative estimate of drug-likeness (QED) is 0.682. The molecule has 1 aromatic rings. The van der Waals surface area contributed by atoms with Crippen molar-refractivity contribution in [2.45, 2.75) is 40.0 Å². The highest BCUT2D eigenvalue weighted by Gasteiger charge is 2.14. The Kier molecular flexibility index (Phi) is 5.01. The number of hydrogen-bond acceptors (Lipinski definition) is 1. The first-order valence-electron chi connectivity index (χ1n) is 5.87. The Hall–Kier alpha value is -0.820. The Balaban J connectivity index is 2.83. The van der Waals surface area contributed by atoms with Crippen LogP contribution >= 0.6 is 11.6 Å². The molecule has 0 bridgehead atoms. The number of Topliss-reactive ketones (excluding diaryl/α,β-unsaturated/α-hetero) is 1. The summed E-state index contributed by atoms with van der Waals surface area (Å²) in [5, 5.41) is 0.637. The van der Waals surface area contributed by atoms with Gasteiger partial charge in [0, 0.05) is 17.0 Å². The van der Waals surface area contributed by atoms with Gasteiger partial charge in [-0.2, -0.15) is 0 Å². The number of hydrogen-bond donors (Lipinski definition) is 0. The molecule has 0 aliphatic carbocycles. The van der Waals surface area contributed by atoms with Crippen molar-refractivity contribution in [3.63, 3.8) is 0 Å². The van der Waals surface area contributed by atoms with E-state index in [0.29, 0.717) is 17.4 Å². The van der Waals surface area contributed by atoms with Crippen LogP contribution in [0.4, 0.5) is 0 Å². The minimum atomic E-state index is 0.216.